The second kappa shape index (κ2) is 10.4. The molecular weight excluding hydrogens is 312 g/mol. The van der Waals surface area contributed by atoms with Crippen molar-refractivity contribution in [1.82, 2.24) is 0 Å². The van der Waals surface area contributed by atoms with Crippen LogP contribution in [0.2, 0.25) is 0 Å². The molecule has 2 N–H and O–H groups in total. The van der Waals surface area contributed by atoms with Crippen LogP contribution in [-0.2, 0) is 9.47 Å². The van der Waals surface area contributed by atoms with Crippen molar-refractivity contribution in [3.63, 3.8) is 0 Å². The van der Waals surface area contributed by atoms with Gasteiger partial charge >= 0.3 is 0 Å². The van der Waals surface area contributed by atoms with Gasteiger partial charge < -0.3 is 29.2 Å². The Labute approximate surface area is 141 Å². The first-order chi connectivity index (χ1) is 11.7. The number of rotatable bonds is 11. The monoisotopic (exact) mass is 334 g/mol. The lowest BCUT2D eigenvalue weighted by Gasteiger charge is -2.09. The SMILES string of the molecule is Oc1ccc(OCCOCCOCCOc2ccc(O)cc2)cc1. The Morgan fingerprint density at radius 3 is 1.21 bits per heavy atom. The molecule has 0 atom stereocenters. The lowest BCUT2D eigenvalue weighted by Crippen LogP contribution is -2.13. The molecule has 2 aromatic carbocycles. The molecule has 0 bridgehead atoms. The van der Waals surface area contributed by atoms with Gasteiger partial charge in [0.25, 0.3) is 0 Å². The summed E-state index contributed by atoms with van der Waals surface area (Å²) in [5, 5.41) is 18.3. The fourth-order valence-electron chi connectivity index (χ4n) is 1.84. The molecule has 0 aliphatic rings. The Morgan fingerprint density at radius 1 is 0.500 bits per heavy atom. The quantitative estimate of drug-likeness (QED) is 0.615. The lowest BCUT2D eigenvalue weighted by atomic mass is 10.3. The molecule has 0 aliphatic heterocycles. The van der Waals surface area contributed by atoms with Crippen LogP contribution in [0.25, 0.3) is 0 Å². The van der Waals surface area contributed by atoms with Crippen molar-refractivity contribution in [2.45, 2.75) is 0 Å². The molecule has 0 unspecified atom stereocenters. The maximum Gasteiger partial charge on any atom is 0.119 e. The smallest absolute Gasteiger partial charge is 0.119 e. The van der Waals surface area contributed by atoms with Gasteiger partial charge in [0.1, 0.15) is 36.2 Å². The largest absolute Gasteiger partial charge is 0.508 e. The van der Waals surface area contributed by atoms with Crippen molar-refractivity contribution in [2.24, 2.45) is 0 Å². The maximum atomic E-state index is 9.15. The van der Waals surface area contributed by atoms with Crippen LogP contribution in [-0.4, -0.2) is 49.9 Å². The predicted octanol–water partition coefficient (Wildman–Crippen LogP) is 2.59. The van der Waals surface area contributed by atoms with E-state index in [4.69, 9.17) is 29.2 Å². The van der Waals surface area contributed by atoms with Crippen molar-refractivity contribution in [3.05, 3.63) is 48.5 Å². The molecule has 0 spiro atoms. The first kappa shape index (κ1) is 17.9. The van der Waals surface area contributed by atoms with Crippen LogP contribution in [0.3, 0.4) is 0 Å². The number of ether oxygens (including phenoxy) is 4. The Morgan fingerprint density at radius 2 is 0.833 bits per heavy atom. The summed E-state index contributed by atoms with van der Waals surface area (Å²) in [6.07, 6.45) is 0. The van der Waals surface area contributed by atoms with Gasteiger partial charge in [-0.05, 0) is 48.5 Å². The zero-order chi connectivity index (χ0) is 17.0. The fourth-order valence-corrected chi connectivity index (χ4v) is 1.84. The van der Waals surface area contributed by atoms with Crippen LogP contribution in [0.4, 0.5) is 0 Å². The summed E-state index contributed by atoms with van der Waals surface area (Å²) in [5.41, 5.74) is 0. The third kappa shape index (κ3) is 7.21. The fraction of sp³-hybridized carbons (Fsp3) is 0.333. The van der Waals surface area contributed by atoms with E-state index in [9.17, 15) is 0 Å². The second-order valence-corrected chi connectivity index (χ2v) is 4.91. The molecule has 0 saturated heterocycles. The topological polar surface area (TPSA) is 77.4 Å². The van der Waals surface area contributed by atoms with Gasteiger partial charge in [-0.2, -0.15) is 0 Å². The highest BCUT2D eigenvalue weighted by Crippen LogP contribution is 2.16. The van der Waals surface area contributed by atoms with Gasteiger partial charge in [-0.25, -0.2) is 0 Å². The van der Waals surface area contributed by atoms with E-state index >= 15 is 0 Å². The molecule has 0 radical (unpaired) electrons. The number of hydrogen-bond acceptors (Lipinski definition) is 6. The number of phenols is 2. The molecule has 6 heteroatoms. The normalized spacial score (nSPS) is 10.5. The molecule has 6 nitrogen and oxygen atoms in total. The van der Waals surface area contributed by atoms with E-state index in [1.54, 1.807) is 48.5 Å². The molecule has 0 aromatic heterocycles. The van der Waals surface area contributed by atoms with Gasteiger partial charge in [-0.15, -0.1) is 0 Å². The average Bonchev–Trinajstić information content (AvgIpc) is 2.60. The van der Waals surface area contributed by atoms with Gasteiger partial charge in [0, 0.05) is 0 Å². The van der Waals surface area contributed by atoms with Crippen molar-refractivity contribution < 1.29 is 29.2 Å². The number of hydrogen-bond donors (Lipinski definition) is 2. The predicted molar refractivity (Wildman–Crippen MR) is 88.8 cm³/mol. The molecule has 2 rings (SSSR count). The zero-order valence-corrected chi connectivity index (χ0v) is 13.4. The van der Waals surface area contributed by atoms with Crippen molar-refractivity contribution in [2.75, 3.05) is 39.6 Å². The number of benzene rings is 2. The minimum Gasteiger partial charge on any atom is -0.508 e. The van der Waals surface area contributed by atoms with Crippen LogP contribution in [0.1, 0.15) is 0 Å². The average molecular weight is 334 g/mol. The summed E-state index contributed by atoms with van der Waals surface area (Å²) in [4.78, 5) is 0. The van der Waals surface area contributed by atoms with Gasteiger partial charge in [-0.1, -0.05) is 0 Å². The summed E-state index contributed by atoms with van der Waals surface area (Å²) in [6, 6.07) is 13.1. The molecule has 130 valence electrons. The molecule has 0 saturated carbocycles. The molecule has 0 fully saturated rings. The van der Waals surface area contributed by atoms with E-state index in [0.29, 0.717) is 51.1 Å². The molecule has 24 heavy (non-hydrogen) atoms. The van der Waals surface area contributed by atoms with Crippen molar-refractivity contribution in [3.8, 4) is 23.0 Å². The van der Waals surface area contributed by atoms with Crippen molar-refractivity contribution >= 4 is 0 Å². The summed E-state index contributed by atoms with van der Waals surface area (Å²) < 4.78 is 21.7. The van der Waals surface area contributed by atoms with Gasteiger partial charge in [0.2, 0.25) is 0 Å². The standard InChI is InChI=1S/C18H22O6/c19-15-1-5-17(6-2-15)23-13-11-21-9-10-22-12-14-24-18-7-3-16(20)4-8-18/h1-8,19-20H,9-14H2. The Kier molecular flexibility index (Phi) is 7.73. The third-order valence-corrected chi connectivity index (χ3v) is 3.04. The summed E-state index contributed by atoms with van der Waals surface area (Å²) in [6.45, 7) is 2.78. The highest BCUT2D eigenvalue weighted by molar-refractivity contribution is 5.30. The van der Waals surface area contributed by atoms with Crippen LogP contribution in [0.15, 0.2) is 48.5 Å². The molecule has 0 heterocycles. The van der Waals surface area contributed by atoms with Crippen molar-refractivity contribution in [1.29, 1.82) is 0 Å². The zero-order valence-electron chi connectivity index (χ0n) is 13.4. The van der Waals surface area contributed by atoms with Gasteiger partial charge in [0.15, 0.2) is 0 Å². The van der Waals surface area contributed by atoms with Crippen LogP contribution in [0.5, 0.6) is 23.0 Å². The van der Waals surface area contributed by atoms with Gasteiger partial charge in [-0.3, -0.25) is 0 Å². The van der Waals surface area contributed by atoms with E-state index in [1.807, 2.05) is 0 Å². The van der Waals surface area contributed by atoms with E-state index in [1.165, 1.54) is 0 Å². The number of phenolic OH excluding ortho intramolecular Hbond substituents is 2. The third-order valence-electron chi connectivity index (χ3n) is 3.04. The molecular formula is C18H22O6. The van der Waals surface area contributed by atoms with Gasteiger partial charge in [0.05, 0.1) is 26.4 Å². The number of aromatic hydroxyl groups is 2. The molecule has 0 aliphatic carbocycles. The first-order valence-corrected chi connectivity index (χ1v) is 7.73. The van der Waals surface area contributed by atoms with E-state index in [-0.39, 0.29) is 11.5 Å². The summed E-state index contributed by atoms with van der Waals surface area (Å²) in [7, 11) is 0. The van der Waals surface area contributed by atoms with Crippen LogP contribution in [0, 0.1) is 0 Å². The van der Waals surface area contributed by atoms with Crippen LogP contribution < -0.4 is 9.47 Å². The first-order valence-electron chi connectivity index (χ1n) is 7.73. The highest BCUT2D eigenvalue weighted by Gasteiger charge is 1.96. The van der Waals surface area contributed by atoms with Crippen LogP contribution >= 0.6 is 0 Å². The summed E-state index contributed by atoms with van der Waals surface area (Å²) >= 11 is 0. The lowest BCUT2D eigenvalue weighted by molar-refractivity contribution is 0.0273. The van der Waals surface area contributed by atoms with E-state index in [2.05, 4.69) is 0 Å². The minimum atomic E-state index is 0.213. The second-order valence-electron chi connectivity index (χ2n) is 4.91. The molecule has 2 aromatic rings. The Bertz CT molecular complexity index is 514. The van der Waals surface area contributed by atoms with E-state index in [0.717, 1.165) is 0 Å². The molecule has 0 amide bonds. The maximum absolute atomic E-state index is 9.15. The minimum absolute atomic E-state index is 0.213. The Hall–Kier alpha value is -2.44. The Balaban J connectivity index is 1.40. The highest BCUT2D eigenvalue weighted by atomic mass is 16.6. The summed E-state index contributed by atoms with van der Waals surface area (Å²) in [5.74, 6) is 1.81. The van der Waals surface area contributed by atoms with E-state index < -0.39 is 0 Å².